The van der Waals surface area contributed by atoms with Crippen LogP contribution in [0.1, 0.15) is 62.3 Å². The predicted octanol–water partition coefficient (Wildman–Crippen LogP) is 4.32. The van der Waals surface area contributed by atoms with Crippen molar-refractivity contribution in [2.75, 3.05) is 6.61 Å². The standard InChI is InChI=1S/C18H28O2/c1-5-20-18(10-8-13(2)9-11-18)17(19)16-7-6-14(3)12-15(16)4/h6-7,12-13,17,19H,5,8-11H2,1-4H3. The Bertz CT molecular complexity index is 445. The van der Waals surface area contributed by atoms with Gasteiger partial charge in [0.15, 0.2) is 0 Å². The molecule has 1 atom stereocenters. The van der Waals surface area contributed by atoms with Crippen molar-refractivity contribution in [3.05, 3.63) is 34.9 Å². The summed E-state index contributed by atoms with van der Waals surface area (Å²) in [5.41, 5.74) is 3.04. The molecule has 0 bridgehead atoms. The minimum absolute atomic E-state index is 0.388. The average molecular weight is 276 g/mol. The number of rotatable bonds is 4. The highest BCUT2D eigenvalue weighted by Crippen LogP contribution is 2.43. The van der Waals surface area contributed by atoms with Crippen LogP contribution in [0.4, 0.5) is 0 Å². The number of aliphatic hydroxyl groups excluding tert-OH is 1. The summed E-state index contributed by atoms with van der Waals surface area (Å²) in [7, 11) is 0. The molecule has 1 unspecified atom stereocenters. The predicted molar refractivity (Wildman–Crippen MR) is 82.9 cm³/mol. The Labute approximate surface area is 123 Å². The van der Waals surface area contributed by atoms with Crippen molar-refractivity contribution in [1.29, 1.82) is 0 Å². The fourth-order valence-electron chi connectivity index (χ4n) is 3.45. The van der Waals surface area contributed by atoms with Crippen molar-refractivity contribution in [2.45, 2.75) is 65.1 Å². The number of hydrogen-bond donors (Lipinski definition) is 1. The van der Waals surface area contributed by atoms with Gasteiger partial charge in [-0.1, -0.05) is 30.7 Å². The Kier molecular flexibility index (Phi) is 4.87. The Hall–Kier alpha value is -0.860. The van der Waals surface area contributed by atoms with Crippen LogP contribution in [0, 0.1) is 19.8 Å². The van der Waals surface area contributed by atoms with E-state index < -0.39 is 6.10 Å². The lowest BCUT2D eigenvalue weighted by Crippen LogP contribution is -2.43. The van der Waals surface area contributed by atoms with Crippen LogP contribution in [0.25, 0.3) is 0 Å². The van der Waals surface area contributed by atoms with Crippen molar-refractivity contribution in [1.82, 2.24) is 0 Å². The summed E-state index contributed by atoms with van der Waals surface area (Å²) in [5.74, 6) is 0.745. The third-order valence-electron chi connectivity index (χ3n) is 4.77. The number of hydrogen-bond acceptors (Lipinski definition) is 2. The van der Waals surface area contributed by atoms with E-state index in [1.54, 1.807) is 0 Å². The van der Waals surface area contributed by atoms with Crippen LogP contribution in [0.5, 0.6) is 0 Å². The first-order valence-corrected chi connectivity index (χ1v) is 7.87. The molecule has 1 N–H and O–H groups in total. The average Bonchev–Trinajstić information content (AvgIpc) is 2.41. The van der Waals surface area contributed by atoms with E-state index in [4.69, 9.17) is 4.74 Å². The minimum Gasteiger partial charge on any atom is -0.385 e. The Morgan fingerprint density at radius 2 is 1.95 bits per heavy atom. The van der Waals surface area contributed by atoms with E-state index in [2.05, 4.69) is 39.0 Å². The summed E-state index contributed by atoms with van der Waals surface area (Å²) in [4.78, 5) is 0. The fraction of sp³-hybridized carbons (Fsp3) is 0.667. The molecule has 1 aliphatic rings. The van der Waals surface area contributed by atoms with Crippen LogP contribution in [0.15, 0.2) is 18.2 Å². The van der Waals surface area contributed by atoms with E-state index in [0.29, 0.717) is 6.61 Å². The monoisotopic (exact) mass is 276 g/mol. The molecule has 0 amide bonds. The second-order valence-corrected chi connectivity index (χ2v) is 6.44. The van der Waals surface area contributed by atoms with Gasteiger partial charge < -0.3 is 9.84 Å². The van der Waals surface area contributed by atoms with Crippen molar-refractivity contribution in [3.8, 4) is 0 Å². The Morgan fingerprint density at radius 1 is 1.30 bits per heavy atom. The third kappa shape index (κ3) is 3.07. The topological polar surface area (TPSA) is 29.5 Å². The number of aryl methyl sites for hydroxylation is 2. The van der Waals surface area contributed by atoms with Crippen molar-refractivity contribution >= 4 is 0 Å². The van der Waals surface area contributed by atoms with Crippen LogP contribution < -0.4 is 0 Å². The molecule has 0 aromatic heterocycles. The molecule has 1 aromatic carbocycles. The molecule has 1 aromatic rings. The van der Waals surface area contributed by atoms with Gasteiger partial charge in [0.2, 0.25) is 0 Å². The maximum atomic E-state index is 11.0. The summed E-state index contributed by atoms with van der Waals surface area (Å²) in [5, 5.41) is 11.0. The van der Waals surface area contributed by atoms with Gasteiger partial charge in [-0.05, 0) is 63.5 Å². The molecule has 1 saturated carbocycles. The third-order valence-corrected chi connectivity index (χ3v) is 4.77. The highest BCUT2D eigenvalue weighted by molar-refractivity contribution is 5.33. The SMILES string of the molecule is CCOC1(C(O)c2ccc(C)cc2C)CCC(C)CC1. The van der Waals surface area contributed by atoms with Gasteiger partial charge in [-0.3, -0.25) is 0 Å². The lowest BCUT2D eigenvalue weighted by Gasteiger charge is -2.43. The van der Waals surface area contributed by atoms with E-state index in [0.717, 1.165) is 42.7 Å². The lowest BCUT2D eigenvalue weighted by atomic mass is 9.74. The molecule has 0 spiro atoms. The van der Waals surface area contributed by atoms with Crippen LogP contribution in [0.2, 0.25) is 0 Å². The number of aliphatic hydroxyl groups is 1. The summed E-state index contributed by atoms with van der Waals surface area (Å²) >= 11 is 0. The summed E-state index contributed by atoms with van der Waals surface area (Å²) in [6.45, 7) is 9.14. The van der Waals surface area contributed by atoms with Gasteiger partial charge >= 0.3 is 0 Å². The van der Waals surface area contributed by atoms with E-state index in [9.17, 15) is 5.11 Å². The van der Waals surface area contributed by atoms with Crippen LogP contribution in [-0.4, -0.2) is 17.3 Å². The molecule has 2 nitrogen and oxygen atoms in total. The smallest absolute Gasteiger partial charge is 0.108 e. The minimum atomic E-state index is -0.518. The largest absolute Gasteiger partial charge is 0.385 e. The quantitative estimate of drug-likeness (QED) is 0.887. The molecule has 20 heavy (non-hydrogen) atoms. The van der Waals surface area contributed by atoms with Crippen molar-refractivity contribution in [3.63, 3.8) is 0 Å². The molecule has 2 rings (SSSR count). The molecular weight excluding hydrogens is 248 g/mol. The first-order chi connectivity index (χ1) is 9.48. The lowest BCUT2D eigenvalue weighted by molar-refractivity contribution is -0.146. The molecule has 2 heteroatoms. The molecule has 0 heterocycles. The van der Waals surface area contributed by atoms with Crippen molar-refractivity contribution in [2.24, 2.45) is 5.92 Å². The molecule has 0 aliphatic heterocycles. The van der Waals surface area contributed by atoms with Gasteiger partial charge in [-0.15, -0.1) is 0 Å². The zero-order valence-corrected chi connectivity index (χ0v) is 13.3. The number of ether oxygens (including phenoxy) is 1. The van der Waals surface area contributed by atoms with E-state index in [-0.39, 0.29) is 5.60 Å². The highest BCUT2D eigenvalue weighted by Gasteiger charge is 2.42. The molecule has 1 aliphatic carbocycles. The van der Waals surface area contributed by atoms with Gasteiger partial charge in [-0.25, -0.2) is 0 Å². The first kappa shape index (κ1) is 15.5. The van der Waals surface area contributed by atoms with Gasteiger partial charge in [0.05, 0.1) is 5.60 Å². The Morgan fingerprint density at radius 3 is 2.50 bits per heavy atom. The Balaban J connectivity index is 2.28. The molecule has 0 radical (unpaired) electrons. The summed E-state index contributed by atoms with van der Waals surface area (Å²) < 4.78 is 6.07. The second-order valence-electron chi connectivity index (χ2n) is 6.44. The molecule has 0 saturated heterocycles. The highest BCUT2D eigenvalue weighted by atomic mass is 16.5. The fourth-order valence-corrected chi connectivity index (χ4v) is 3.45. The van der Waals surface area contributed by atoms with E-state index >= 15 is 0 Å². The second kappa shape index (κ2) is 6.28. The van der Waals surface area contributed by atoms with Crippen LogP contribution in [-0.2, 0) is 4.74 Å². The van der Waals surface area contributed by atoms with Gasteiger partial charge in [-0.2, -0.15) is 0 Å². The van der Waals surface area contributed by atoms with Crippen LogP contribution in [0.3, 0.4) is 0 Å². The van der Waals surface area contributed by atoms with Gasteiger partial charge in [0.25, 0.3) is 0 Å². The normalized spacial score (nSPS) is 28.4. The molecular formula is C18H28O2. The molecule has 1 fully saturated rings. The maximum absolute atomic E-state index is 11.0. The summed E-state index contributed by atoms with van der Waals surface area (Å²) in [6, 6.07) is 6.29. The maximum Gasteiger partial charge on any atom is 0.108 e. The van der Waals surface area contributed by atoms with E-state index in [1.165, 1.54) is 5.56 Å². The zero-order valence-electron chi connectivity index (χ0n) is 13.3. The van der Waals surface area contributed by atoms with Gasteiger partial charge in [0.1, 0.15) is 6.10 Å². The first-order valence-electron chi connectivity index (χ1n) is 7.87. The van der Waals surface area contributed by atoms with Crippen LogP contribution >= 0.6 is 0 Å². The van der Waals surface area contributed by atoms with Crippen molar-refractivity contribution < 1.29 is 9.84 Å². The van der Waals surface area contributed by atoms with Gasteiger partial charge in [0, 0.05) is 6.61 Å². The summed E-state index contributed by atoms with van der Waals surface area (Å²) in [6.07, 6.45) is 3.67. The molecule has 112 valence electrons. The number of benzene rings is 1. The zero-order chi connectivity index (χ0) is 14.8. The van der Waals surface area contributed by atoms with E-state index in [1.807, 2.05) is 6.92 Å².